The van der Waals surface area contributed by atoms with E-state index in [0.29, 0.717) is 17.1 Å². The number of aromatic nitrogens is 6. The second kappa shape index (κ2) is 7.34. The molecule has 0 saturated heterocycles. The highest BCUT2D eigenvalue weighted by molar-refractivity contribution is 5.56. The van der Waals surface area contributed by atoms with Crippen LogP contribution in [0, 0.1) is 0 Å². The summed E-state index contributed by atoms with van der Waals surface area (Å²) in [5.74, 6) is 1.42. The molecule has 0 aliphatic heterocycles. The van der Waals surface area contributed by atoms with Gasteiger partial charge in [0.05, 0.1) is 12.7 Å². The van der Waals surface area contributed by atoms with Gasteiger partial charge in [-0.3, -0.25) is 0 Å². The van der Waals surface area contributed by atoms with Crippen LogP contribution in [0.25, 0.3) is 22.8 Å². The summed E-state index contributed by atoms with van der Waals surface area (Å²) >= 11 is 0. The summed E-state index contributed by atoms with van der Waals surface area (Å²) in [7, 11) is 1.56. The molecule has 0 N–H and O–H groups in total. The standard InChI is InChI=1S/C18H13F3N6O2/c1-28-14-4-2-3-12(9-14)17-23-26-27(24-17)10-15-22-16(25-29-15)11-5-7-13(8-6-11)18(19,20)21/h2-9H,10H2,1H3. The maximum absolute atomic E-state index is 12.7. The van der Waals surface area contributed by atoms with Crippen molar-refractivity contribution in [2.75, 3.05) is 7.11 Å². The van der Waals surface area contributed by atoms with E-state index in [4.69, 9.17) is 9.26 Å². The minimum absolute atomic E-state index is 0.0601. The first-order valence-corrected chi connectivity index (χ1v) is 8.35. The van der Waals surface area contributed by atoms with Crippen molar-refractivity contribution < 1.29 is 22.4 Å². The first-order valence-electron chi connectivity index (χ1n) is 8.35. The third kappa shape index (κ3) is 4.08. The molecule has 0 fully saturated rings. The lowest BCUT2D eigenvalue weighted by Gasteiger charge is -2.05. The smallest absolute Gasteiger partial charge is 0.416 e. The molecule has 0 radical (unpaired) electrons. The second-order valence-electron chi connectivity index (χ2n) is 5.96. The Balaban J connectivity index is 1.49. The number of alkyl halides is 3. The van der Waals surface area contributed by atoms with Crippen LogP contribution in [0.1, 0.15) is 11.5 Å². The first kappa shape index (κ1) is 18.6. The molecule has 0 spiro atoms. The maximum Gasteiger partial charge on any atom is 0.416 e. The molecule has 0 saturated carbocycles. The number of tetrazole rings is 1. The van der Waals surface area contributed by atoms with Crippen molar-refractivity contribution in [3.63, 3.8) is 0 Å². The lowest BCUT2D eigenvalue weighted by Crippen LogP contribution is -2.04. The zero-order chi connectivity index (χ0) is 20.4. The lowest BCUT2D eigenvalue weighted by atomic mass is 10.1. The van der Waals surface area contributed by atoms with E-state index in [1.54, 1.807) is 19.2 Å². The molecule has 0 aliphatic carbocycles. The predicted octanol–water partition coefficient (Wildman–Crippen LogP) is 3.47. The Morgan fingerprint density at radius 1 is 1.03 bits per heavy atom. The summed E-state index contributed by atoms with van der Waals surface area (Å²) < 4.78 is 48.3. The van der Waals surface area contributed by atoms with Gasteiger partial charge in [0, 0.05) is 11.1 Å². The summed E-state index contributed by atoms with van der Waals surface area (Å²) in [6.45, 7) is 0.0601. The lowest BCUT2D eigenvalue weighted by molar-refractivity contribution is -0.137. The monoisotopic (exact) mass is 402 g/mol. The van der Waals surface area contributed by atoms with Gasteiger partial charge < -0.3 is 9.26 Å². The molecule has 0 aliphatic rings. The summed E-state index contributed by atoms with van der Waals surface area (Å²) in [6.07, 6.45) is -4.40. The molecule has 4 rings (SSSR count). The molecule has 2 heterocycles. The minimum atomic E-state index is -4.40. The summed E-state index contributed by atoms with van der Waals surface area (Å²) in [4.78, 5) is 5.45. The van der Waals surface area contributed by atoms with Gasteiger partial charge in [0.25, 0.3) is 5.89 Å². The quantitative estimate of drug-likeness (QED) is 0.505. The van der Waals surface area contributed by atoms with Crippen molar-refractivity contribution in [2.45, 2.75) is 12.7 Å². The van der Waals surface area contributed by atoms with Crippen LogP contribution in [0.3, 0.4) is 0 Å². The fraction of sp³-hybridized carbons (Fsp3) is 0.167. The van der Waals surface area contributed by atoms with E-state index < -0.39 is 11.7 Å². The van der Waals surface area contributed by atoms with E-state index in [2.05, 4.69) is 25.6 Å². The number of methoxy groups -OCH3 is 1. The van der Waals surface area contributed by atoms with E-state index in [1.807, 2.05) is 12.1 Å². The summed E-state index contributed by atoms with van der Waals surface area (Å²) in [5.41, 5.74) is 0.380. The molecule has 2 aromatic carbocycles. The van der Waals surface area contributed by atoms with Gasteiger partial charge in [0.15, 0.2) is 0 Å². The molecule has 0 bridgehead atoms. The van der Waals surface area contributed by atoms with E-state index >= 15 is 0 Å². The molecule has 0 amide bonds. The second-order valence-corrected chi connectivity index (χ2v) is 5.96. The predicted molar refractivity (Wildman–Crippen MR) is 93.6 cm³/mol. The van der Waals surface area contributed by atoms with Gasteiger partial charge in [-0.15, -0.1) is 10.2 Å². The molecule has 11 heteroatoms. The summed E-state index contributed by atoms with van der Waals surface area (Å²) in [5, 5.41) is 16.0. The average molecular weight is 402 g/mol. The Labute approximate surface area is 161 Å². The van der Waals surface area contributed by atoms with Gasteiger partial charge in [-0.25, -0.2) is 0 Å². The highest BCUT2D eigenvalue weighted by Gasteiger charge is 2.30. The van der Waals surface area contributed by atoms with Crippen LogP contribution >= 0.6 is 0 Å². The topological polar surface area (TPSA) is 91.8 Å². The first-order chi connectivity index (χ1) is 13.9. The highest BCUT2D eigenvalue weighted by Crippen LogP contribution is 2.30. The van der Waals surface area contributed by atoms with Crippen molar-refractivity contribution in [2.24, 2.45) is 0 Å². The van der Waals surface area contributed by atoms with Crippen LogP contribution in [0.15, 0.2) is 53.1 Å². The number of halogens is 3. The molecule has 148 valence electrons. The molecule has 8 nitrogen and oxygen atoms in total. The third-order valence-corrected chi connectivity index (χ3v) is 4.00. The average Bonchev–Trinajstić information content (AvgIpc) is 3.38. The molecule has 4 aromatic rings. The fourth-order valence-corrected chi connectivity index (χ4v) is 2.55. The van der Waals surface area contributed by atoms with E-state index in [0.717, 1.165) is 17.7 Å². The number of nitrogens with zero attached hydrogens (tertiary/aromatic N) is 6. The van der Waals surface area contributed by atoms with Gasteiger partial charge in [0.2, 0.25) is 11.6 Å². The van der Waals surface area contributed by atoms with Crippen molar-refractivity contribution in [1.82, 2.24) is 30.3 Å². The van der Waals surface area contributed by atoms with E-state index in [1.165, 1.54) is 16.9 Å². The molecule has 29 heavy (non-hydrogen) atoms. The van der Waals surface area contributed by atoms with Gasteiger partial charge in [-0.2, -0.15) is 23.0 Å². The van der Waals surface area contributed by atoms with Gasteiger partial charge in [0.1, 0.15) is 12.3 Å². The number of rotatable bonds is 5. The Hall–Kier alpha value is -3.76. The van der Waals surface area contributed by atoms with Gasteiger partial charge in [-0.1, -0.05) is 29.4 Å². The van der Waals surface area contributed by atoms with Crippen molar-refractivity contribution in [1.29, 1.82) is 0 Å². The number of hydrogen-bond acceptors (Lipinski definition) is 7. The minimum Gasteiger partial charge on any atom is -0.497 e. The summed E-state index contributed by atoms with van der Waals surface area (Å²) in [6, 6.07) is 11.7. The Bertz CT molecular complexity index is 1120. The Morgan fingerprint density at radius 2 is 1.83 bits per heavy atom. The fourth-order valence-electron chi connectivity index (χ4n) is 2.55. The van der Waals surface area contributed by atoms with Gasteiger partial charge >= 0.3 is 6.18 Å². The van der Waals surface area contributed by atoms with Crippen LogP contribution in [0.4, 0.5) is 13.2 Å². The van der Waals surface area contributed by atoms with Crippen LogP contribution in [0.2, 0.25) is 0 Å². The Morgan fingerprint density at radius 3 is 2.55 bits per heavy atom. The van der Waals surface area contributed by atoms with Crippen LogP contribution in [-0.4, -0.2) is 37.5 Å². The van der Waals surface area contributed by atoms with Gasteiger partial charge in [-0.05, 0) is 29.5 Å². The van der Waals surface area contributed by atoms with Crippen molar-refractivity contribution in [3.05, 3.63) is 60.0 Å². The largest absolute Gasteiger partial charge is 0.497 e. The number of benzene rings is 2. The zero-order valence-electron chi connectivity index (χ0n) is 15.0. The molecular weight excluding hydrogens is 389 g/mol. The van der Waals surface area contributed by atoms with E-state index in [-0.39, 0.29) is 18.3 Å². The number of hydrogen-bond donors (Lipinski definition) is 0. The van der Waals surface area contributed by atoms with E-state index in [9.17, 15) is 13.2 Å². The normalized spacial score (nSPS) is 11.6. The molecule has 0 atom stereocenters. The molecule has 2 aromatic heterocycles. The van der Waals surface area contributed by atoms with Crippen molar-refractivity contribution in [3.8, 4) is 28.5 Å². The molecular formula is C18H13F3N6O2. The Kier molecular flexibility index (Phi) is 4.71. The van der Waals surface area contributed by atoms with Crippen molar-refractivity contribution >= 4 is 0 Å². The van der Waals surface area contributed by atoms with Crippen LogP contribution < -0.4 is 4.74 Å². The highest BCUT2D eigenvalue weighted by atomic mass is 19.4. The van der Waals surface area contributed by atoms with Crippen LogP contribution in [-0.2, 0) is 12.7 Å². The molecule has 0 unspecified atom stereocenters. The third-order valence-electron chi connectivity index (χ3n) is 4.00. The van der Waals surface area contributed by atoms with Crippen LogP contribution in [0.5, 0.6) is 5.75 Å². The maximum atomic E-state index is 12.7. The SMILES string of the molecule is COc1cccc(-c2nnn(Cc3nc(-c4ccc(C(F)(F)F)cc4)no3)n2)c1. The number of ether oxygens (including phenoxy) is 1. The zero-order valence-corrected chi connectivity index (χ0v) is 15.0.